The third-order valence-electron chi connectivity index (χ3n) is 6.94. The molecule has 2 fully saturated rings. The van der Waals surface area contributed by atoms with Gasteiger partial charge in [0.2, 0.25) is 5.91 Å². The fraction of sp³-hybridized carbons (Fsp3) is 0.370. The number of amides is 1. The van der Waals surface area contributed by atoms with Gasteiger partial charge < -0.3 is 20.1 Å². The van der Waals surface area contributed by atoms with Crippen LogP contribution in [0.2, 0.25) is 0 Å². The summed E-state index contributed by atoms with van der Waals surface area (Å²) >= 11 is 5.90. The van der Waals surface area contributed by atoms with E-state index in [4.69, 9.17) is 12.2 Å². The molecule has 0 unspecified atom stereocenters. The Morgan fingerprint density at radius 3 is 2.62 bits per heavy atom. The summed E-state index contributed by atoms with van der Waals surface area (Å²) in [6.45, 7) is 8.30. The third kappa shape index (κ3) is 3.98. The quantitative estimate of drug-likeness (QED) is 0.452. The Morgan fingerprint density at radius 2 is 1.97 bits per heavy atom. The number of aryl methyl sites for hydroxylation is 2. The summed E-state index contributed by atoms with van der Waals surface area (Å²) in [5, 5.41) is 7.23. The molecule has 34 heavy (non-hydrogen) atoms. The van der Waals surface area contributed by atoms with Gasteiger partial charge in [-0.1, -0.05) is 13.0 Å². The summed E-state index contributed by atoms with van der Waals surface area (Å²) in [7, 11) is 0. The number of nitrogens with one attached hydrogen (secondary N) is 2. The molecule has 3 heterocycles. The molecule has 5 rings (SSSR count). The molecule has 1 saturated heterocycles. The number of carbonyl (C=O) groups excluding carboxylic acids is 1. The number of carbonyl (C=O) groups is 1. The van der Waals surface area contributed by atoms with E-state index in [-0.39, 0.29) is 18.0 Å². The highest BCUT2D eigenvalue weighted by Gasteiger charge is 2.43. The van der Waals surface area contributed by atoms with E-state index in [2.05, 4.69) is 57.1 Å². The first-order valence-corrected chi connectivity index (χ1v) is 12.4. The first kappa shape index (κ1) is 22.6. The zero-order valence-electron chi connectivity index (χ0n) is 20.1. The summed E-state index contributed by atoms with van der Waals surface area (Å²) in [6, 6.07) is 15.0. The summed E-state index contributed by atoms with van der Waals surface area (Å²) < 4.78 is 2.49. The van der Waals surface area contributed by atoms with E-state index >= 15 is 0 Å². The average molecular weight is 474 g/mol. The SMILES string of the molecule is CCC(=O)Nc1ccc(N2C(=S)N[C@@H](c3ccccn3)[C@H]2c2cc(C)n(C3CC3)c2C)cc1C. The third-order valence-corrected chi connectivity index (χ3v) is 7.25. The molecular formula is C27H31N5OS. The minimum absolute atomic E-state index is 0.00909. The van der Waals surface area contributed by atoms with Crippen LogP contribution in [0.5, 0.6) is 0 Å². The Balaban J connectivity index is 1.60. The van der Waals surface area contributed by atoms with Crippen molar-refractivity contribution in [2.45, 2.75) is 65.1 Å². The highest BCUT2D eigenvalue weighted by molar-refractivity contribution is 7.80. The number of pyridine rings is 1. The van der Waals surface area contributed by atoms with Crippen molar-refractivity contribution in [1.29, 1.82) is 0 Å². The van der Waals surface area contributed by atoms with Gasteiger partial charge in [0.1, 0.15) is 0 Å². The number of nitrogens with zero attached hydrogens (tertiary/aromatic N) is 3. The molecule has 1 amide bonds. The standard InChI is InChI=1S/C27H31N5OS/c1-5-24(33)29-22-12-11-20(14-16(22)2)32-26(21-15-17(3)31(18(21)4)19-9-10-19)25(30-27(32)34)23-8-6-7-13-28-23/h6-8,11-15,19,25-26H,5,9-10H2,1-4H3,(H,29,33)(H,30,34)/t25-,26+/m0/s1. The number of benzene rings is 1. The summed E-state index contributed by atoms with van der Waals surface area (Å²) in [6.07, 6.45) is 4.78. The van der Waals surface area contributed by atoms with Crippen LogP contribution in [0.3, 0.4) is 0 Å². The van der Waals surface area contributed by atoms with Gasteiger partial charge in [0.15, 0.2) is 5.11 Å². The maximum Gasteiger partial charge on any atom is 0.224 e. The Hall–Kier alpha value is -3.19. The van der Waals surface area contributed by atoms with Crippen LogP contribution < -0.4 is 15.5 Å². The van der Waals surface area contributed by atoms with Crippen LogP contribution in [0.1, 0.15) is 72.5 Å². The molecular weight excluding hydrogens is 442 g/mol. The molecule has 1 aromatic carbocycles. The number of hydrogen-bond acceptors (Lipinski definition) is 3. The molecule has 2 N–H and O–H groups in total. The van der Waals surface area contributed by atoms with Crippen molar-refractivity contribution in [3.63, 3.8) is 0 Å². The Labute approximate surface area is 206 Å². The summed E-state index contributed by atoms with van der Waals surface area (Å²) in [5.41, 5.74) is 7.67. The highest BCUT2D eigenvalue weighted by Crippen LogP contribution is 2.46. The topological polar surface area (TPSA) is 62.2 Å². The van der Waals surface area contributed by atoms with Crippen molar-refractivity contribution in [3.8, 4) is 0 Å². The van der Waals surface area contributed by atoms with Crippen LogP contribution >= 0.6 is 12.2 Å². The van der Waals surface area contributed by atoms with E-state index in [0.29, 0.717) is 17.6 Å². The highest BCUT2D eigenvalue weighted by atomic mass is 32.1. The predicted octanol–water partition coefficient (Wildman–Crippen LogP) is 5.67. The number of rotatable bonds is 6. The number of thiocarbonyl (C=S) groups is 1. The van der Waals surface area contributed by atoms with E-state index in [0.717, 1.165) is 22.6 Å². The van der Waals surface area contributed by atoms with Crippen molar-refractivity contribution in [2.75, 3.05) is 10.2 Å². The molecule has 0 radical (unpaired) electrons. The second kappa shape index (κ2) is 8.87. The lowest BCUT2D eigenvalue weighted by molar-refractivity contribution is -0.115. The van der Waals surface area contributed by atoms with E-state index in [1.165, 1.54) is 29.8 Å². The Morgan fingerprint density at radius 1 is 1.18 bits per heavy atom. The lowest BCUT2D eigenvalue weighted by atomic mass is 9.96. The van der Waals surface area contributed by atoms with E-state index in [9.17, 15) is 4.79 Å². The van der Waals surface area contributed by atoms with Gasteiger partial charge in [0.05, 0.1) is 17.8 Å². The predicted molar refractivity (Wildman–Crippen MR) is 140 cm³/mol. The molecule has 2 atom stereocenters. The van der Waals surface area contributed by atoms with Gasteiger partial charge in [-0.25, -0.2) is 0 Å². The van der Waals surface area contributed by atoms with Crippen LogP contribution in [0.15, 0.2) is 48.7 Å². The zero-order valence-corrected chi connectivity index (χ0v) is 20.9. The molecule has 3 aromatic rings. The van der Waals surface area contributed by atoms with Crippen molar-refractivity contribution < 1.29 is 4.79 Å². The van der Waals surface area contributed by atoms with Gasteiger partial charge in [0, 0.05) is 41.4 Å². The van der Waals surface area contributed by atoms with E-state index in [1.54, 1.807) is 0 Å². The van der Waals surface area contributed by atoms with Crippen LogP contribution in [0, 0.1) is 20.8 Å². The lowest BCUT2D eigenvalue weighted by Crippen LogP contribution is -2.29. The second-order valence-corrected chi connectivity index (χ2v) is 9.71. The molecule has 1 aliphatic heterocycles. The number of aromatic nitrogens is 2. The van der Waals surface area contributed by atoms with Crippen molar-refractivity contribution >= 4 is 34.6 Å². The van der Waals surface area contributed by atoms with E-state index in [1.807, 2.05) is 44.3 Å². The summed E-state index contributed by atoms with van der Waals surface area (Å²) in [5.74, 6) is 0.00909. The zero-order chi connectivity index (χ0) is 24.0. The van der Waals surface area contributed by atoms with Gasteiger partial charge in [-0.05, 0) is 93.4 Å². The Kier molecular flexibility index (Phi) is 5.90. The van der Waals surface area contributed by atoms with Crippen LogP contribution in [-0.4, -0.2) is 20.6 Å². The Bertz CT molecular complexity index is 1250. The minimum Gasteiger partial charge on any atom is -0.351 e. The van der Waals surface area contributed by atoms with Crippen LogP contribution in [-0.2, 0) is 4.79 Å². The minimum atomic E-state index is -0.0679. The largest absolute Gasteiger partial charge is 0.351 e. The molecule has 6 nitrogen and oxygen atoms in total. The average Bonchev–Trinajstić information content (AvgIpc) is 3.54. The van der Waals surface area contributed by atoms with Gasteiger partial charge in [-0.15, -0.1) is 0 Å². The summed E-state index contributed by atoms with van der Waals surface area (Å²) in [4.78, 5) is 18.8. The van der Waals surface area contributed by atoms with Crippen LogP contribution in [0.4, 0.5) is 11.4 Å². The van der Waals surface area contributed by atoms with Crippen molar-refractivity contribution in [1.82, 2.24) is 14.9 Å². The van der Waals surface area contributed by atoms with Gasteiger partial charge >= 0.3 is 0 Å². The second-order valence-electron chi connectivity index (χ2n) is 9.33. The van der Waals surface area contributed by atoms with Crippen molar-refractivity contribution in [3.05, 3.63) is 76.9 Å². The molecule has 2 aromatic heterocycles. The molecule has 1 aliphatic carbocycles. The maximum atomic E-state index is 11.9. The lowest BCUT2D eigenvalue weighted by Gasteiger charge is -2.29. The molecule has 1 saturated carbocycles. The normalized spacial score (nSPS) is 19.9. The maximum absolute atomic E-state index is 11.9. The van der Waals surface area contributed by atoms with Gasteiger partial charge in [0.25, 0.3) is 0 Å². The number of anilines is 2. The number of hydrogen-bond donors (Lipinski definition) is 2. The fourth-order valence-electron chi connectivity index (χ4n) is 5.12. The molecule has 176 valence electrons. The van der Waals surface area contributed by atoms with Gasteiger partial charge in [-0.3, -0.25) is 9.78 Å². The molecule has 7 heteroatoms. The fourth-order valence-corrected chi connectivity index (χ4v) is 5.47. The monoisotopic (exact) mass is 473 g/mol. The first-order chi connectivity index (χ1) is 16.4. The molecule has 0 spiro atoms. The molecule has 2 aliphatic rings. The smallest absolute Gasteiger partial charge is 0.224 e. The van der Waals surface area contributed by atoms with Crippen LogP contribution in [0.25, 0.3) is 0 Å². The molecule has 0 bridgehead atoms. The van der Waals surface area contributed by atoms with Gasteiger partial charge in [-0.2, -0.15) is 0 Å². The first-order valence-electron chi connectivity index (χ1n) is 12.0. The van der Waals surface area contributed by atoms with Crippen molar-refractivity contribution in [2.24, 2.45) is 0 Å². The van der Waals surface area contributed by atoms with E-state index < -0.39 is 0 Å².